The zero-order valence-electron chi connectivity index (χ0n) is 9.40. The minimum absolute atomic E-state index is 0.0169. The fourth-order valence-electron chi connectivity index (χ4n) is 2.08. The Labute approximate surface area is 89.8 Å². The summed E-state index contributed by atoms with van der Waals surface area (Å²) in [4.78, 5) is 0. The van der Waals surface area contributed by atoms with Gasteiger partial charge in [0.1, 0.15) is 6.10 Å². The smallest absolute Gasteiger partial charge is 0.187 e. The molecule has 0 saturated carbocycles. The SMILES string of the molecule is C/C(=C\CO)[C@H]1C[C@H]2OC(C)(C)O[C@H]2O1. The first-order valence-corrected chi connectivity index (χ1v) is 5.30. The predicted molar refractivity (Wildman–Crippen MR) is 54.2 cm³/mol. The van der Waals surface area contributed by atoms with Gasteiger partial charge in [-0.2, -0.15) is 0 Å². The normalized spacial score (nSPS) is 39.5. The van der Waals surface area contributed by atoms with E-state index in [0.717, 1.165) is 12.0 Å². The van der Waals surface area contributed by atoms with Crippen LogP contribution in [0.3, 0.4) is 0 Å². The Morgan fingerprint density at radius 1 is 1.47 bits per heavy atom. The van der Waals surface area contributed by atoms with E-state index in [4.69, 9.17) is 19.3 Å². The lowest BCUT2D eigenvalue weighted by Crippen LogP contribution is -2.25. The van der Waals surface area contributed by atoms with E-state index in [9.17, 15) is 0 Å². The third-order valence-corrected chi connectivity index (χ3v) is 2.80. The molecule has 0 bridgehead atoms. The second-order valence-corrected chi connectivity index (χ2v) is 4.53. The molecule has 2 heterocycles. The van der Waals surface area contributed by atoms with E-state index >= 15 is 0 Å². The summed E-state index contributed by atoms with van der Waals surface area (Å²) < 4.78 is 17.0. The van der Waals surface area contributed by atoms with Crippen LogP contribution in [-0.4, -0.2) is 36.0 Å². The molecule has 2 aliphatic heterocycles. The molecule has 1 N–H and O–H groups in total. The van der Waals surface area contributed by atoms with Crippen LogP contribution in [0.4, 0.5) is 0 Å². The minimum Gasteiger partial charge on any atom is -0.392 e. The molecular formula is C11H18O4. The van der Waals surface area contributed by atoms with Crippen LogP contribution in [0.5, 0.6) is 0 Å². The van der Waals surface area contributed by atoms with Gasteiger partial charge in [0.2, 0.25) is 0 Å². The summed E-state index contributed by atoms with van der Waals surface area (Å²) in [5, 5.41) is 8.79. The molecule has 3 atom stereocenters. The second kappa shape index (κ2) is 3.87. The molecule has 0 aromatic carbocycles. The van der Waals surface area contributed by atoms with Gasteiger partial charge in [0.05, 0.1) is 12.7 Å². The molecule has 2 aliphatic rings. The van der Waals surface area contributed by atoms with Crippen LogP contribution in [0.25, 0.3) is 0 Å². The van der Waals surface area contributed by atoms with Gasteiger partial charge in [-0.3, -0.25) is 0 Å². The van der Waals surface area contributed by atoms with E-state index in [1.807, 2.05) is 20.8 Å². The number of hydrogen-bond acceptors (Lipinski definition) is 4. The van der Waals surface area contributed by atoms with E-state index < -0.39 is 5.79 Å². The Morgan fingerprint density at radius 2 is 2.20 bits per heavy atom. The molecule has 0 aromatic rings. The molecule has 2 rings (SSSR count). The van der Waals surface area contributed by atoms with Crippen molar-refractivity contribution in [1.29, 1.82) is 0 Å². The zero-order chi connectivity index (χ0) is 11.1. The first kappa shape index (κ1) is 11.1. The molecule has 0 radical (unpaired) electrons. The van der Waals surface area contributed by atoms with Crippen molar-refractivity contribution in [3.8, 4) is 0 Å². The van der Waals surface area contributed by atoms with Crippen molar-refractivity contribution in [2.45, 2.75) is 51.5 Å². The second-order valence-electron chi connectivity index (χ2n) is 4.53. The maximum absolute atomic E-state index is 8.79. The molecule has 2 fully saturated rings. The molecule has 0 amide bonds. The molecule has 86 valence electrons. The van der Waals surface area contributed by atoms with Crippen molar-refractivity contribution in [3.63, 3.8) is 0 Å². The lowest BCUT2D eigenvalue weighted by molar-refractivity contribution is -0.201. The molecule has 4 heteroatoms. The summed E-state index contributed by atoms with van der Waals surface area (Å²) in [6.45, 7) is 5.78. The Bertz CT molecular complexity index is 256. The number of rotatable bonds is 2. The van der Waals surface area contributed by atoms with Gasteiger partial charge < -0.3 is 19.3 Å². The summed E-state index contributed by atoms with van der Waals surface area (Å²) in [6.07, 6.45) is 2.34. The van der Waals surface area contributed by atoms with Gasteiger partial charge in [-0.1, -0.05) is 6.08 Å². The molecule has 0 spiro atoms. The summed E-state index contributed by atoms with van der Waals surface area (Å²) >= 11 is 0. The van der Waals surface area contributed by atoms with Gasteiger partial charge in [0.15, 0.2) is 12.1 Å². The summed E-state index contributed by atoms with van der Waals surface area (Å²) in [5.74, 6) is -0.533. The molecule has 15 heavy (non-hydrogen) atoms. The molecule has 0 unspecified atom stereocenters. The maximum atomic E-state index is 8.79. The number of hydrogen-bond donors (Lipinski definition) is 1. The van der Waals surface area contributed by atoms with Crippen LogP contribution in [-0.2, 0) is 14.2 Å². The Hall–Kier alpha value is -0.420. The van der Waals surface area contributed by atoms with Crippen molar-refractivity contribution >= 4 is 0 Å². The van der Waals surface area contributed by atoms with Gasteiger partial charge >= 0.3 is 0 Å². The number of aliphatic hydroxyl groups excluding tert-OH is 1. The highest BCUT2D eigenvalue weighted by molar-refractivity contribution is 5.09. The fourth-order valence-corrected chi connectivity index (χ4v) is 2.08. The Morgan fingerprint density at radius 3 is 2.80 bits per heavy atom. The third-order valence-electron chi connectivity index (χ3n) is 2.80. The summed E-state index contributed by atoms with van der Waals surface area (Å²) in [6, 6.07) is 0. The van der Waals surface area contributed by atoms with Gasteiger partial charge in [-0.15, -0.1) is 0 Å². The largest absolute Gasteiger partial charge is 0.392 e. The van der Waals surface area contributed by atoms with E-state index in [1.165, 1.54) is 0 Å². The number of aliphatic hydroxyl groups is 1. The van der Waals surface area contributed by atoms with Crippen molar-refractivity contribution < 1.29 is 19.3 Å². The molecule has 0 aromatic heterocycles. The third kappa shape index (κ3) is 2.23. The zero-order valence-corrected chi connectivity index (χ0v) is 9.40. The van der Waals surface area contributed by atoms with E-state index in [2.05, 4.69) is 0 Å². The first-order chi connectivity index (χ1) is 7.02. The van der Waals surface area contributed by atoms with Gasteiger partial charge in [-0.25, -0.2) is 0 Å². The van der Waals surface area contributed by atoms with Crippen LogP contribution in [0.1, 0.15) is 27.2 Å². The van der Waals surface area contributed by atoms with Gasteiger partial charge in [0, 0.05) is 6.42 Å². The lowest BCUT2D eigenvalue weighted by atomic mass is 10.1. The van der Waals surface area contributed by atoms with Gasteiger partial charge in [-0.05, 0) is 26.3 Å². The topological polar surface area (TPSA) is 47.9 Å². The van der Waals surface area contributed by atoms with E-state index in [-0.39, 0.29) is 25.1 Å². The lowest BCUT2D eigenvalue weighted by Gasteiger charge is -2.20. The minimum atomic E-state index is -0.533. The summed E-state index contributed by atoms with van der Waals surface area (Å²) in [5.41, 5.74) is 1.04. The van der Waals surface area contributed by atoms with Crippen molar-refractivity contribution in [1.82, 2.24) is 0 Å². The van der Waals surface area contributed by atoms with Crippen LogP contribution >= 0.6 is 0 Å². The number of ether oxygens (including phenoxy) is 3. The predicted octanol–water partition coefficient (Wildman–Crippen LogP) is 1.19. The highest BCUT2D eigenvalue weighted by atomic mass is 16.8. The highest BCUT2D eigenvalue weighted by Gasteiger charge is 2.48. The first-order valence-electron chi connectivity index (χ1n) is 5.30. The van der Waals surface area contributed by atoms with Crippen molar-refractivity contribution in [2.75, 3.05) is 6.61 Å². The van der Waals surface area contributed by atoms with Gasteiger partial charge in [0.25, 0.3) is 0 Å². The average molecular weight is 214 g/mol. The van der Waals surface area contributed by atoms with Crippen LogP contribution in [0.15, 0.2) is 11.6 Å². The van der Waals surface area contributed by atoms with E-state index in [1.54, 1.807) is 6.08 Å². The monoisotopic (exact) mass is 214 g/mol. The Balaban J connectivity index is 1.97. The summed E-state index contributed by atoms with van der Waals surface area (Å²) in [7, 11) is 0. The quantitative estimate of drug-likeness (QED) is 0.701. The highest BCUT2D eigenvalue weighted by Crippen LogP contribution is 2.38. The molecule has 2 saturated heterocycles. The van der Waals surface area contributed by atoms with Crippen molar-refractivity contribution in [3.05, 3.63) is 11.6 Å². The molecule has 0 aliphatic carbocycles. The van der Waals surface area contributed by atoms with E-state index in [0.29, 0.717) is 0 Å². The fraction of sp³-hybridized carbons (Fsp3) is 0.818. The van der Waals surface area contributed by atoms with Crippen LogP contribution < -0.4 is 0 Å². The average Bonchev–Trinajstić information content (AvgIpc) is 2.57. The standard InChI is InChI=1S/C11H18O4/c1-7(4-5-12)8-6-9-10(13-8)15-11(2,3)14-9/h4,8-10,12H,5-6H2,1-3H3/b7-4+/t8-,9-,10-/m1/s1. The maximum Gasteiger partial charge on any atom is 0.187 e. The number of fused-ring (bicyclic) bond motifs is 1. The molecule has 4 nitrogen and oxygen atoms in total. The van der Waals surface area contributed by atoms with Crippen molar-refractivity contribution in [2.24, 2.45) is 0 Å². The molecular weight excluding hydrogens is 196 g/mol. The Kier molecular flexibility index (Phi) is 2.85. The van der Waals surface area contributed by atoms with Crippen LogP contribution in [0, 0.1) is 0 Å². The van der Waals surface area contributed by atoms with Crippen LogP contribution in [0.2, 0.25) is 0 Å².